The molecule has 0 bridgehead atoms. The number of ketones is 1. The molecule has 2 N–H and O–H groups in total. The lowest BCUT2D eigenvalue weighted by atomic mass is 9.98. The van der Waals surface area contributed by atoms with Crippen LogP contribution in [0, 0.1) is 6.92 Å². The van der Waals surface area contributed by atoms with Gasteiger partial charge in [-0.1, -0.05) is 18.2 Å². The highest BCUT2D eigenvalue weighted by Crippen LogP contribution is 2.27. The number of carboxylic acid groups (broad SMARTS) is 1. The Morgan fingerprint density at radius 2 is 1.94 bits per heavy atom. The maximum Gasteiger partial charge on any atom is 0.337 e. The van der Waals surface area contributed by atoms with Gasteiger partial charge in [0.05, 0.1) is 0 Å². The van der Waals surface area contributed by atoms with E-state index in [4.69, 9.17) is 16.7 Å². The van der Waals surface area contributed by atoms with Crippen LogP contribution in [-0.4, -0.2) is 22.0 Å². The van der Waals surface area contributed by atoms with Crippen LogP contribution < -0.4 is 0 Å². The summed E-state index contributed by atoms with van der Waals surface area (Å²) in [5, 5.41) is 17.3. The number of carbonyl (C=O) groups is 2. The SMILES string of the molecule is CC(=O)C(Cl)c1cc(C(O)C(=O)O)ccc1C. The average molecular weight is 257 g/mol. The van der Waals surface area contributed by atoms with E-state index in [1.54, 1.807) is 13.0 Å². The summed E-state index contributed by atoms with van der Waals surface area (Å²) >= 11 is 5.92. The third kappa shape index (κ3) is 3.05. The fourth-order valence-electron chi connectivity index (χ4n) is 1.46. The normalized spacial score (nSPS) is 14.1. The Labute approximate surface area is 104 Å². The maximum atomic E-state index is 11.2. The zero-order valence-electron chi connectivity index (χ0n) is 9.48. The van der Waals surface area contributed by atoms with E-state index in [1.165, 1.54) is 19.1 Å². The predicted molar refractivity (Wildman–Crippen MR) is 63.0 cm³/mol. The molecule has 2 unspecified atom stereocenters. The zero-order chi connectivity index (χ0) is 13.2. The van der Waals surface area contributed by atoms with Gasteiger partial charge < -0.3 is 10.2 Å². The first kappa shape index (κ1) is 13.7. The summed E-state index contributed by atoms with van der Waals surface area (Å²) in [5.41, 5.74) is 1.52. The Morgan fingerprint density at radius 3 is 2.41 bits per heavy atom. The van der Waals surface area contributed by atoms with Crippen molar-refractivity contribution in [3.63, 3.8) is 0 Å². The van der Waals surface area contributed by atoms with Crippen molar-refractivity contribution in [1.29, 1.82) is 0 Å². The molecule has 92 valence electrons. The molecule has 0 saturated carbocycles. The maximum absolute atomic E-state index is 11.2. The van der Waals surface area contributed by atoms with Crippen LogP contribution >= 0.6 is 11.6 Å². The van der Waals surface area contributed by atoms with Crippen LogP contribution in [0.2, 0.25) is 0 Å². The molecular weight excluding hydrogens is 244 g/mol. The fraction of sp³-hybridized carbons (Fsp3) is 0.333. The van der Waals surface area contributed by atoms with Crippen LogP contribution in [0.4, 0.5) is 0 Å². The van der Waals surface area contributed by atoms with E-state index in [9.17, 15) is 14.7 Å². The van der Waals surface area contributed by atoms with Gasteiger partial charge in [-0.25, -0.2) is 4.79 Å². The van der Waals surface area contributed by atoms with Gasteiger partial charge in [-0.3, -0.25) is 4.79 Å². The van der Waals surface area contributed by atoms with Crippen LogP contribution in [0.5, 0.6) is 0 Å². The van der Waals surface area contributed by atoms with Gasteiger partial charge in [-0.15, -0.1) is 11.6 Å². The Bertz CT molecular complexity index is 456. The molecule has 1 aromatic rings. The molecule has 17 heavy (non-hydrogen) atoms. The van der Waals surface area contributed by atoms with Gasteiger partial charge >= 0.3 is 5.97 Å². The highest BCUT2D eigenvalue weighted by Gasteiger charge is 2.20. The second-order valence-corrected chi connectivity index (χ2v) is 4.27. The molecule has 0 spiro atoms. The molecule has 0 heterocycles. The van der Waals surface area contributed by atoms with Crippen molar-refractivity contribution in [2.75, 3.05) is 0 Å². The molecule has 0 aliphatic carbocycles. The van der Waals surface area contributed by atoms with Crippen molar-refractivity contribution >= 4 is 23.4 Å². The minimum absolute atomic E-state index is 0.213. The monoisotopic (exact) mass is 256 g/mol. The highest BCUT2D eigenvalue weighted by molar-refractivity contribution is 6.30. The number of aryl methyl sites for hydroxylation is 1. The Hall–Kier alpha value is -1.39. The van der Waals surface area contributed by atoms with Crippen molar-refractivity contribution < 1.29 is 19.8 Å². The van der Waals surface area contributed by atoms with Crippen molar-refractivity contribution in [3.8, 4) is 0 Å². The van der Waals surface area contributed by atoms with Gasteiger partial charge in [0.1, 0.15) is 5.38 Å². The number of aliphatic hydroxyl groups is 1. The van der Waals surface area contributed by atoms with Crippen molar-refractivity contribution in [2.45, 2.75) is 25.3 Å². The molecule has 0 aliphatic heterocycles. The topological polar surface area (TPSA) is 74.6 Å². The number of carboxylic acids is 1. The van der Waals surface area contributed by atoms with Gasteiger partial charge in [0.2, 0.25) is 0 Å². The first-order valence-electron chi connectivity index (χ1n) is 5.00. The summed E-state index contributed by atoms with van der Waals surface area (Å²) in [7, 11) is 0. The van der Waals surface area contributed by atoms with Crippen LogP contribution in [-0.2, 0) is 9.59 Å². The number of benzene rings is 1. The van der Waals surface area contributed by atoms with Crippen molar-refractivity contribution in [1.82, 2.24) is 0 Å². The number of rotatable bonds is 4. The number of alkyl halides is 1. The number of Topliss-reactive ketones (excluding diaryl/α,β-unsaturated/α-hetero) is 1. The molecule has 4 nitrogen and oxygen atoms in total. The van der Waals surface area contributed by atoms with Crippen molar-refractivity contribution in [3.05, 3.63) is 34.9 Å². The lowest BCUT2D eigenvalue weighted by molar-refractivity contribution is -0.146. The molecule has 0 fully saturated rings. The number of hydrogen-bond donors (Lipinski definition) is 2. The lowest BCUT2D eigenvalue weighted by Gasteiger charge is -2.13. The van der Waals surface area contributed by atoms with Gasteiger partial charge in [-0.05, 0) is 30.5 Å². The van der Waals surface area contributed by atoms with Crippen LogP contribution in [0.15, 0.2) is 18.2 Å². The first-order chi connectivity index (χ1) is 7.84. The summed E-state index contributed by atoms with van der Waals surface area (Å²) in [6.45, 7) is 3.13. The fourth-order valence-corrected chi connectivity index (χ4v) is 1.70. The van der Waals surface area contributed by atoms with Gasteiger partial charge in [-0.2, -0.15) is 0 Å². The van der Waals surface area contributed by atoms with Crippen LogP contribution in [0.1, 0.15) is 35.1 Å². The lowest BCUT2D eigenvalue weighted by Crippen LogP contribution is -2.12. The molecule has 0 aromatic heterocycles. The number of halogens is 1. The van der Waals surface area contributed by atoms with E-state index in [-0.39, 0.29) is 11.3 Å². The summed E-state index contributed by atoms with van der Waals surface area (Å²) in [6, 6.07) is 4.59. The molecule has 5 heteroatoms. The summed E-state index contributed by atoms with van der Waals surface area (Å²) in [5.74, 6) is -1.56. The highest BCUT2D eigenvalue weighted by atomic mass is 35.5. The summed E-state index contributed by atoms with van der Waals surface area (Å²) in [6.07, 6.45) is -1.61. The number of carbonyl (C=O) groups excluding carboxylic acids is 1. The van der Waals surface area contributed by atoms with E-state index in [0.29, 0.717) is 5.56 Å². The molecule has 0 aliphatic rings. The Balaban J connectivity index is 3.19. The minimum Gasteiger partial charge on any atom is -0.479 e. The quantitative estimate of drug-likeness (QED) is 0.808. The zero-order valence-corrected chi connectivity index (χ0v) is 10.2. The van der Waals surface area contributed by atoms with Crippen LogP contribution in [0.25, 0.3) is 0 Å². The Kier molecular flexibility index (Phi) is 4.26. The average Bonchev–Trinajstić information content (AvgIpc) is 2.27. The third-order valence-electron chi connectivity index (χ3n) is 2.48. The van der Waals surface area contributed by atoms with Gasteiger partial charge in [0.15, 0.2) is 11.9 Å². The molecule has 0 saturated heterocycles. The second-order valence-electron chi connectivity index (χ2n) is 3.83. The first-order valence-corrected chi connectivity index (χ1v) is 5.44. The molecule has 1 aromatic carbocycles. The molecule has 0 amide bonds. The molecule has 1 rings (SSSR count). The molecule has 2 atom stereocenters. The number of hydrogen-bond acceptors (Lipinski definition) is 3. The summed E-state index contributed by atoms with van der Waals surface area (Å²) in [4.78, 5) is 21.9. The summed E-state index contributed by atoms with van der Waals surface area (Å²) < 4.78 is 0. The third-order valence-corrected chi connectivity index (χ3v) is 3.03. The van der Waals surface area contributed by atoms with E-state index in [1.807, 2.05) is 0 Å². The van der Waals surface area contributed by atoms with Crippen molar-refractivity contribution in [2.24, 2.45) is 0 Å². The van der Waals surface area contributed by atoms with E-state index < -0.39 is 17.5 Å². The number of aliphatic hydroxyl groups excluding tert-OH is 1. The van der Waals surface area contributed by atoms with Gasteiger partial charge in [0.25, 0.3) is 0 Å². The van der Waals surface area contributed by atoms with Gasteiger partial charge in [0, 0.05) is 0 Å². The van der Waals surface area contributed by atoms with E-state index >= 15 is 0 Å². The smallest absolute Gasteiger partial charge is 0.337 e. The predicted octanol–water partition coefficient (Wildman–Crippen LogP) is 1.98. The van der Waals surface area contributed by atoms with E-state index in [0.717, 1.165) is 5.56 Å². The molecule has 0 radical (unpaired) electrons. The second kappa shape index (κ2) is 5.29. The standard InChI is InChI=1S/C12H13ClO4/c1-6-3-4-8(11(15)12(16)17)5-9(6)10(13)7(2)14/h3-5,10-11,15H,1-2H3,(H,16,17). The largest absolute Gasteiger partial charge is 0.479 e. The van der Waals surface area contributed by atoms with E-state index in [2.05, 4.69) is 0 Å². The number of aliphatic carboxylic acids is 1. The minimum atomic E-state index is -1.61. The molecular formula is C12H13ClO4. The van der Waals surface area contributed by atoms with Crippen LogP contribution in [0.3, 0.4) is 0 Å². The Morgan fingerprint density at radius 1 is 1.35 bits per heavy atom.